The standard InChI is InChI=1S/C14H15N3O2/c1-10(2)12-7-8-17(16-12)13-5-3-11(9-15-13)4-6-14(18)19/h3-10H,1-2H3,(H,18,19)/b6-4+. The highest BCUT2D eigenvalue weighted by Crippen LogP contribution is 2.13. The lowest BCUT2D eigenvalue weighted by Gasteiger charge is -2.01. The normalized spacial score (nSPS) is 11.3. The van der Waals surface area contributed by atoms with Gasteiger partial charge in [0.2, 0.25) is 0 Å². The Hall–Kier alpha value is -2.43. The van der Waals surface area contributed by atoms with Crippen LogP contribution in [0.3, 0.4) is 0 Å². The minimum Gasteiger partial charge on any atom is -0.478 e. The van der Waals surface area contributed by atoms with E-state index in [1.54, 1.807) is 23.0 Å². The number of rotatable bonds is 4. The van der Waals surface area contributed by atoms with Crippen molar-refractivity contribution in [2.75, 3.05) is 0 Å². The highest BCUT2D eigenvalue weighted by atomic mass is 16.4. The van der Waals surface area contributed by atoms with Crippen molar-refractivity contribution in [1.29, 1.82) is 0 Å². The molecule has 0 unspecified atom stereocenters. The van der Waals surface area contributed by atoms with Crippen molar-refractivity contribution in [3.63, 3.8) is 0 Å². The van der Waals surface area contributed by atoms with Crippen molar-refractivity contribution in [1.82, 2.24) is 14.8 Å². The fourth-order valence-corrected chi connectivity index (χ4v) is 1.57. The van der Waals surface area contributed by atoms with Gasteiger partial charge in [-0.05, 0) is 35.8 Å². The van der Waals surface area contributed by atoms with Gasteiger partial charge in [-0.25, -0.2) is 14.5 Å². The van der Waals surface area contributed by atoms with Gasteiger partial charge in [0.05, 0.1) is 5.69 Å². The first kappa shape index (κ1) is 13.0. The molecule has 0 saturated carbocycles. The van der Waals surface area contributed by atoms with Crippen LogP contribution in [0.4, 0.5) is 0 Å². The van der Waals surface area contributed by atoms with Crippen molar-refractivity contribution in [3.8, 4) is 5.82 Å². The molecule has 98 valence electrons. The summed E-state index contributed by atoms with van der Waals surface area (Å²) >= 11 is 0. The number of aromatic nitrogens is 3. The molecule has 0 aliphatic heterocycles. The number of aliphatic carboxylic acids is 1. The Morgan fingerprint density at radius 1 is 1.37 bits per heavy atom. The first-order valence-corrected chi connectivity index (χ1v) is 5.99. The van der Waals surface area contributed by atoms with Crippen LogP contribution in [-0.2, 0) is 4.79 Å². The van der Waals surface area contributed by atoms with E-state index < -0.39 is 5.97 Å². The SMILES string of the molecule is CC(C)c1ccn(-c2ccc(/C=C/C(=O)O)cn2)n1. The van der Waals surface area contributed by atoms with Crippen LogP contribution in [-0.4, -0.2) is 25.8 Å². The molecule has 0 saturated heterocycles. The van der Waals surface area contributed by atoms with E-state index in [0.717, 1.165) is 17.3 Å². The van der Waals surface area contributed by atoms with Gasteiger partial charge >= 0.3 is 5.97 Å². The van der Waals surface area contributed by atoms with Gasteiger partial charge in [-0.2, -0.15) is 5.10 Å². The maximum atomic E-state index is 10.4. The molecule has 2 aromatic rings. The maximum absolute atomic E-state index is 10.4. The van der Waals surface area contributed by atoms with Crippen LogP contribution in [0.25, 0.3) is 11.9 Å². The number of carboxylic acid groups (broad SMARTS) is 1. The van der Waals surface area contributed by atoms with Crippen molar-refractivity contribution in [3.05, 3.63) is 47.9 Å². The molecule has 5 heteroatoms. The number of hydrogen-bond donors (Lipinski definition) is 1. The zero-order valence-electron chi connectivity index (χ0n) is 10.8. The quantitative estimate of drug-likeness (QED) is 0.854. The third kappa shape index (κ3) is 3.28. The van der Waals surface area contributed by atoms with Crippen molar-refractivity contribution in [2.45, 2.75) is 19.8 Å². The van der Waals surface area contributed by atoms with Crippen LogP contribution < -0.4 is 0 Å². The highest BCUT2D eigenvalue weighted by molar-refractivity contribution is 5.85. The summed E-state index contributed by atoms with van der Waals surface area (Å²) < 4.78 is 1.71. The smallest absolute Gasteiger partial charge is 0.328 e. The first-order valence-electron chi connectivity index (χ1n) is 5.99. The second kappa shape index (κ2) is 5.48. The van der Waals surface area contributed by atoms with E-state index in [-0.39, 0.29) is 0 Å². The van der Waals surface area contributed by atoms with Gasteiger partial charge in [0.15, 0.2) is 5.82 Å². The summed E-state index contributed by atoms with van der Waals surface area (Å²) in [4.78, 5) is 14.7. The topological polar surface area (TPSA) is 68.0 Å². The van der Waals surface area contributed by atoms with E-state index in [9.17, 15) is 4.79 Å². The Morgan fingerprint density at radius 2 is 2.16 bits per heavy atom. The Balaban J connectivity index is 2.19. The summed E-state index contributed by atoms with van der Waals surface area (Å²) in [5, 5.41) is 13.0. The van der Waals surface area contributed by atoms with Crippen LogP contribution in [0, 0.1) is 0 Å². The molecule has 1 N–H and O–H groups in total. The lowest BCUT2D eigenvalue weighted by atomic mass is 10.1. The second-order valence-corrected chi connectivity index (χ2v) is 4.46. The van der Waals surface area contributed by atoms with Crippen LogP contribution in [0.1, 0.15) is 31.0 Å². The van der Waals surface area contributed by atoms with E-state index in [2.05, 4.69) is 23.9 Å². The van der Waals surface area contributed by atoms with E-state index in [1.807, 2.05) is 12.3 Å². The average molecular weight is 257 g/mol. The number of carbonyl (C=O) groups is 1. The average Bonchev–Trinajstić information content (AvgIpc) is 2.86. The van der Waals surface area contributed by atoms with Crippen LogP contribution >= 0.6 is 0 Å². The minimum absolute atomic E-state index is 0.374. The number of hydrogen-bond acceptors (Lipinski definition) is 3. The molecule has 2 aromatic heterocycles. The van der Waals surface area contributed by atoms with Gasteiger partial charge < -0.3 is 5.11 Å². The molecule has 0 radical (unpaired) electrons. The van der Waals surface area contributed by atoms with E-state index in [0.29, 0.717) is 11.7 Å². The molecule has 2 rings (SSSR count). The molecular weight excluding hydrogens is 242 g/mol. The molecule has 0 bridgehead atoms. The molecule has 0 aromatic carbocycles. The first-order chi connectivity index (χ1) is 9.06. The highest BCUT2D eigenvalue weighted by Gasteiger charge is 2.05. The number of nitrogens with zero attached hydrogens (tertiary/aromatic N) is 3. The molecular formula is C14H15N3O2. The van der Waals surface area contributed by atoms with Crippen molar-refractivity contribution in [2.24, 2.45) is 0 Å². The molecule has 0 spiro atoms. The van der Waals surface area contributed by atoms with Gasteiger partial charge in [0, 0.05) is 18.5 Å². The number of pyridine rings is 1. The summed E-state index contributed by atoms with van der Waals surface area (Å²) in [6.45, 7) is 4.17. The molecule has 0 aliphatic rings. The van der Waals surface area contributed by atoms with Gasteiger partial charge in [0.25, 0.3) is 0 Å². The molecule has 0 aliphatic carbocycles. The molecule has 2 heterocycles. The maximum Gasteiger partial charge on any atom is 0.328 e. The van der Waals surface area contributed by atoms with E-state index >= 15 is 0 Å². The lowest BCUT2D eigenvalue weighted by molar-refractivity contribution is -0.131. The summed E-state index contributed by atoms with van der Waals surface area (Å²) in [7, 11) is 0. The van der Waals surface area contributed by atoms with Gasteiger partial charge in [-0.3, -0.25) is 0 Å². The summed E-state index contributed by atoms with van der Waals surface area (Å²) in [5.74, 6) is 0.108. The molecule has 5 nitrogen and oxygen atoms in total. The fourth-order valence-electron chi connectivity index (χ4n) is 1.57. The molecule has 0 amide bonds. The van der Waals surface area contributed by atoms with E-state index in [4.69, 9.17) is 5.11 Å². The predicted molar refractivity (Wildman–Crippen MR) is 72.1 cm³/mol. The zero-order valence-corrected chi connectivity index (χ0v) is 10.8. The Labute approximate surface area is 111 Å². The van der Waals surface area contributed by atoms with Crippen molar-refractivity contribution < 1.29 is 9.90 Å². The Morgan fingerprint density at radius 3 is 2.68 bits per heavy atom. The summed E-state index contributed by atoms with van der Waals surface area (Å²) in [6.07, 6.45) is 6.07. The lowest BCUT2D eigenvalue weighted by Crippen LogP contribution is -1.99. The zero-order chi connectivity index (χ0) is 13.8. The van der Waals surface area contributed by atoms with Crippen LogP contribution in [0.15, 0.2) is 36.7 Å². The monoisotopic (exact) mass is 257 g/mol. The predicted octanol–water partition coefficient (Wildman–Crippen LogP) is 2.49. The molecule has 0 atom stereocenters. The van der Waals surface area contributed by atoms with Crippen LogP contribution in [0.2, 0.25) is 0 Å². The van der Waals surface area contributed by atoms with Crippen molar-refractivity contribution >= 4 is 12.0 Å². The minimum atomic E-state index is -0.974. The molecule has 19 heavy (non-hydrogen) atoms. The fraction of sp³-hybridized carbons (Fsp3) is 0.214. The molecule has 0 fully saturated rings. The van der Waals surface area contributed by atoms with Gasteiger partial charge in [0.1, 0.15) is 0 Å². The Kier molecular flexibility index (Phi) is 3.75. The van der Waals surface area contributed by atoms with Gasteiger partial charge in [-0.15, -0.1) is 0 Å². The van der Waals surface area contributed by atoms with Crippen LogP contribution in [0.5, 0.6) is 0 Å². The van der Waals surface area contributed by atoms with Gasteiger partial charge in [-0.1, -0.05) is 13.8 Å². The summed E-state index contributed by atoms with van der Waals surface area (Å²) in [6, 6.07) is 5.57. The number of carboxylic acids is 1. The summed E-state index contributed by atoms with van der Waals surface area (Å²) in [5.41, 5.74) is 1.75. The van der Waals surface area contributed by atoms with E-state index in [1.165, 1.54) is 6.08 Å². The largest absolute Gasteiger partial charge is 0.478 e. The second-order valence-electron chi connectivity index (χ2n) is 4.46. The Bertz CT molecular complexity index is 597. The third-order valence-electron chi connectivity index (χ3n) is 2.63. The third-order valence-corrected chi connectivity index (χ3v) is 2.63.